The second kappa shape index (κ2) is 6.29. The number of hydrogen-bond acceptors (Lipinski definition) is 4. The van der Waals surface area contributed by atoms with E-state index in [4.69, 9.17) is 4.74 Å². The van der Waals surface area contributed by atoms with E-state index in [-0.39, 0.29) is 0 Å². The zero-order valence-electron chi connectivity index (χ0n) is 11.6. The van der Waals surface area contributed by atoms with Crippen molar-refractivity contribution in [2.24, 2.45) is 13.0 Å². The van der Waals surface area contributed by atoms with Gasteiger partial charge in [-0.2, -0.15) is 0 Å². The molecule has 1 aromatic heterocycles. The normalized spacial score (nSPS) is 25.5. The average molecular weight is 252 g/mol. The van der Waals surface area contributed by atoms with Crippen molar-refractivity contribution in [3.8, 4) is 0 Å². The molecular formula is C13H24N4O. The lowest BCUT2D eigenvalue weighted by Gasteiger charge is -2.27. The van der Waals surface area contributed by atoms with Crippen molar-refractivity contribution in [3.63, 3.8) is 0 Å². The van der Waals surface area contributed by atoms with Gasteiger partial charge in [0.2, 0.25) is 0 Å². The maximum atomic E-state index is 5.80. The van der Waals surface area contributed by atoms with Crippen LogP contribution in [0.15, 0.2) is 6.20 Å². The summed E-state index contributed by atoms with van der Waals surface area (Å²) < 4.78 is 7.57. The molecule has 0 amide bonds. The van der Waals surface area contributed by atoms with Crippen LogP contribution in [0, 0.1) is 5.92 Å². The molecule has 5 heteroatoms. The Morgan fingerprint density at radius 1 is 1.56 bits per heavy atom. The highest BCUT2D eigenvalue weighted by Gasteiger charge is 2.33. The van der Waals surface area contributed by atoms with Gasteiger partial charge >= 0.3 is 0 Å². The third-order valence-electron chi connectivity index (χ3n) is 3.73. The van der Waals surface area contributed by atoms with Gasteiger partial charge in [-0.1, -0.05) is 19.1 Å². The predicted octanol–water partition coefficient (Wildman–Crippen LogP) is 1.15. The fourth-order valence-electron chi connectivity index (χ4n) is 2.90. The Labute approximate surface area is 109 Å². The second-order valence-electron chi connectivity index (χ2n) is 5.02. The summed E-state index contributed by atoms with van der Waals surface area (Å²) in [6.07, 6.45) is 5.57. The van der Waals surface area contributed by atoms with Gasteiger partial charge in [0.05, 0.1) is 11.8 Å². The molecule has 1 fully saturated rings. The van der Waals surface area contributed by atoms with E-state index in [2.05, 4.69) is 29.5 Å². The van der Waals surface area contributed by atoms with Crippen molar-refractivity contribution in [1.29, 1.82) is 0 Å². The smallest absolute Gasteiger partial charge is 0.0842 e. The van der Waals surface area contributed by atoms with E-state index in [1.807, 2.05) is 13.2 Å². The predicted molar refractivity (Wildman–Crippen MR) is 70.3 cm³/mol. The van der Waals surface area contributed by atoms with E-state index >= 15 is 0 Å². The van der Waals surface area contributed by atoms with Crippen LogP contribution in [0.5, 0.6) is 0 Å². The Balaban J connectivity index is 2.03. The van der Waals surface area contributed by atoms with Crippen molar-refractivity contribution < 1.29 is 4.74 Å². The van der Waals surface area contributed by atoms with Crippen LogP contribution in [-0.2, 0) is 18.2 Å². The lowest BCUT2D eigenvalue weighted by Crippen LogP contribution is -2.41. The molecule has 0 spiro atoms. The fraction of sp³-hybridized carbons (Fsp3) is 0.846. The number of nitrogens with one attached hydrogen (secondary N) is 1. The highest BCUT2D eigenvalue weighted by atomic mass is 16.5. The standard InChI is InChI=1S/C13H24N4O/c1-4-13-11(6-7-18-13)12(14-5-2)8-10-9-17(3)16-15-10/h9,11-14H,4-8H2,1-3H3. The van der Waals surface area contributed by atoms with E-state index in [1.165, 1.54) is 0 Å². The summed E-state index contributed by atoms with van der Waals surface area (Å²) in [6.45, 7) is 6.23. The van der Waals surface area contributed by atoms with Crippen molar-refractivity contribution in [2.45, 2.75) is 45.3 Å². The zero-order valence-corrected chi connectivity index (χ0v) is 11.6. The molecule has 1 saturated heterocycles. The first-order chi connectivity index (χ1) is 8.74. The van der Waals surface area contributed by atoms with Crippen LogP contribution in [0.2, 0.25) is 0 Å². The molecule has 0 aliphatic carbocycles. The van der Waals surface area contributed by atoms with Crippen LogP contribution in [0.25, 0.3) is 0 Å². The topological polar surface area (TPSA) is 52.0 Å². The molecule has 102 valence electrons. The minimum absolute atomic E-state index is 0.394. The summed E-state index contributed by atoms with van der Waals surface area (Å²) in [5, 5.41) is 11.8. The Hall–Kier alpha value is -0.940. The minimum Gasteiger partial charge on any atom is -0.378 e. The number of ether oxygens (including phenoxy) is 1. The van der Waals surface area contributed by atoms with Gasteiger partial charge in [0, 0.05) is 38.2 Å². The molecule has 5 nitrogen and oxygen atoms in total. The van der Waals surface area contributed by atoms with Gasteiger partial charge in [0.25, 0.3) is 0 Å². The fourth-order valence-corrected chi connectivity index (χ4v) is 2.90. The van der Waals surface area contributed by atoms with Crippen LogP contribution >= 0.6 is 0 Å². The summed E-state index contributed by atoms with van der Waals surface area (Å²) in [6, 6.07) is 0.444. The van der Waals surface area contributed by atoms with E-state index < -0.39 is 0 Å². The monoisotopic (exact) mass is 252 g/mol. The number of aromatic nitrogens is 3. The summed E-state index contributed by atoms with van der Waals surface area (Å²) in [5.74, 6) is 0.594. The third-order valence-corrected chi connectivity index (χ3v) is 3.73. The largest absolute Gasteiger partial charge is 0.378 e. The average Bonchev–Trinajstić information content (AvgIpc) is 2.97. The number of nitrogens with zero attached hydrogens (tertiary/aromatic N) is 3. The van der Waals surface area contributed by atoms with Crippen molar-refractivity contribution in [3.05, 3.63) is 11.9 Å². The van der Waals surface area contributed by atoms with Gasteiger partial charge in [-0.05, 0) is 19.4 Å². The van der Waals surface area contributed by atoms with Crippen molar-refractivity contribution in [2.75, 3.05) is 13.2 Å². The molecular weight excluding hydrogens is 228 g/mol. The number of rotatable bonds is 6. The number of likely N-dealkylation sites (N-methyl/N-ethyl adjacent to an activating group) is 1. The number of hydrogen-bond donors (Lipinski definition) is 1. The van der Waals surface area contributed by atoms with Crippen molar-refractivity contribution in [1.82, 2.24) is 20.3 Å². The Kier molecular flexibility index (Phi) is 4.72. The molecule has 0 radical (unpaired) electrons. The quantitative estimate of drug-likeness (QED) is 0.825. The molecule has 18 heavy (non-hydrogen) atoms. The Bertz CT molecular complexity index is 366. The zero-order chi connectivity index (χ0) is 13.0. The van der Waals surface area contributed by atoms with Gasteiger partial charge in [-0.25, -0.2) is 0 Å². The highest BCUT2D eigenvalue weighted by Crippen LogP contribution is 2.27. The van der Waals surface area contributed by atoms with Crippen LogP contribution in [0.4, 0.5) is 0 Å². The SMILES string of the molecule is CCNC(Cc1cn(C)nn1)C1CCOC1CC. The van der Waals surface area contributed by atoms with Gasteiger partial charge in [-0.3, -0.25) is 4.68 Å². The molecule has 0 saturated carbocycles. The first-order valence-electron chi connectivity index (χ1n) is 6.94. The Morgan fingerprint density at radius 3 is 3.00 bits per heavy atom. The van der Waals surface area contributed by atoms with E-state index in [0.29, 0.717) is 18.1 Å². The first-order valence-corrected chi connectivity index (χ1v) is 6.94. The molecule has 1 aliphatic rings. The molecule has 3 atom stereocenters. The lowest BCUT2D eigenvalue weighted by molar-refractivity contribution is 0.0775. The maximum Gasteiger partial charge on any atom is 0.0842 e. The maximum absolute atomic E-state index is 5.80. The Morgan fingerprint density at radius 2 is 2.39 bits per heavy atom. The third kappa shape index (κ3) is 3.09. The lowest BCUT2D eigenvalue weighted by atomic mass is 9.88. The molecule has 1 N–H and O–H groups in total. The van der Waals surface area contributed by atoms with Crippen LogP contribution in [0.1, 0.15) is 32.4 Å². The molecule has 3 unspecified atom stereocenters. The van der Waals surface area contributed by atoms with E-state index in [0.717, 1.165) is 38.1 Å². The first kappa shape index (κ1) is 13.5. The minimum atomic E-state index is 0.394. The molecule has 0 aromatic carbocycles. The second-order valence-corrected chi connectivity index (χ2v) is 5.02. The van der Waals surface area contributed by atoms with Gasteiger partial charge in [0.1, 0.15) is 0 Å². The van der Waals surface area contributed by atoms with Crippen LogP contribution < -0.4 is 5.32 Å². The van der Waals surface area contributed by atoms with Crippen LogP contribution in [-0.4, -0.2) is 40.3 Å². The molecule has 2 rings (SSSR count). The molecule has 2 heterocycles. The number of aryl methyl sites for hydroxylation is 1. The van der Waals surface area contributed by atoms with Crippen molar-refractivity contribution >= 4 is 0 Å². The van der Waals surface area contributed by atoms with E-state index in [1.54, 1.807) is 4.68 Å². The summed E-state index contributed by atoms with van der Waals surface area (Å²) in [5.41, 5.74) is 1.06. The summed E-state index contributed by atoms with van der Waals surface area (Å²) >= 11 is 0. The molecule has 1 aliphatic heterocycles. The van der Waals surface area contributed by atoms with Crippen LogP contribution in [0.3, 0.4) is 0 Å². The highest BCUT2D eigenvalue weighted by molar-refractivity contribution is 4.99. The van der Waals surface area contributed by atoms with E-state index in [9.17, 15) is 0 Å². The molecule has 0 bridgehead atoms. The summed E-state index contributed by atoms with van der Waals surface area (Å²) in [7, 11) is 1.91. The van der Waals surface area contributed by atoms with Gasteiger partial charge in [-0.15, -0.1) is 5.10 Å². The summed E-state index contributed by atoms with van der Waals surface area (Å²) in [4.78, 5) is 0. The van der Waals surface area contributed by atoms with Gasteiger partial charge in [0.15, 0.2) is 0 Å². The molecule has 1 aromatic rings. The van der Waals surface area contributed by atoms with Gasteiger partial charge < -0.3 is 10.1 Å².